The van der Waals surface area contributed by atoms with Crippen LogP contribution in [0.3, 0.4) is 0 Å². The van der Waals surface area contributed by atoms with Crippen LogP contribution in [-0.2, 0) is 30.4 Å². The van der Waals surface area contributed by atoms with E-state index < -0.39 is 41.9 Å². The van der Waals surface area contributed by atoms with Crippen molar-refractivity contribution in [3.63, 3.8) is 0 Å². The number of aliphatic carboxylic acids is 2. The molecule has 4 rings (SSSR count). The lowest BCUT2D eigenvalue weighted by molar-refractivity contribution is -0.139. The van der Waals surface area contributed by atoms with Crippen molar-refractivity contribution < 1.29 is 39.0 Å². The van der Waals surface area contributed by atoms with Crippen molar-refractivity contribution in [2.75, 3.05) is 19.6 Å². The van der Waals surface area contributed by atoms with E-state index in [4.69, 9.17) is 5.11 Å². The second-order valence-electron chi connectivity index (χ2n) is 14.0. The normalized spacial score (nSPS) is 17.3. The quantitative estimate of drug-likeness (QED) is 0.0653. The van der Waals surface area contributed by atoms with Gasteiger partial charge in [0.2, 0.25) is 11.8 Å². The molecular formula is C40H53N5O8. The van der Waals surface area contributed by atoms with E-state index in [0.717, 1.165) is 65.9 Å². The maximum absolute atomic E-state index is 13.9. The number of nitrogens with one attached hydrogen (secondary N) is 5. The number of carboxylic acid groups (broad SMARTS) is 2. The van der Waals surface area contributed by atoms with Gasteiger partial charge in [0.1, 0.15) is 12.1 Å². The summed E-state index contributed by atoms with van der Waals surface area (Å²) in [6, 6.07) is 14.1. The van der Waals surface area contributed by atoms with E-state index in [9.17, 15) is 33.9 Å². The van der Waals surface area contributed by atoms with Crippen LogP contribution in [-0.4, -0.2) is 83.5 Å². The molecule has 13 nitrogen and oxygen atoms in total. The molecule has 3 aromatic carbocycles. The molecule has 0 bridgehead atoms. The maximum Gasteiger partial charge on any atom is 0.326 e. The van der Waals surface area contributed by atoms with Crippen molar-refractivity contribution in [2.45, 2.75) is 96.2 Å². The predicted octanol–water partition coefficient (Wildman–Crippen LogP) is 4.30. The molecule has 3 atom stereocenters. The number of hydrogen-bond donors (Lipinski definition) is 7. The first-order chi connectivity index (χ1) is 25.5. The van der Waals surface area contributed by atoms with Crippen molar-refractivity contribution in [1.29, 1.82) is 0 Å². The van der Waals surface area contributed by atoms with Gasteiger partial charge in [0, 0.05) is 25.3 Å². The largest absolute Gasteiger partial charge is 0.481 e. The van der Waals surface area contributed by atoms with E-state index >= 15 is 0 Å². The van der Waals surface area contributed by atoms with E-state index in [1.807, 2.05) is 48.5 Å². The molecule has 0 spiro atoms. The summed E-state index contributed by atoms with van der Waals surface area (Å²) >= 11 is 0. The molecule has 286 valence electrons. The van der Waals surface area contributed by atoms with Crippen LogP contribution >= 0.6 is 0 Å². The molecule has 3 aromatic rings. The highest BCUT2D eigenvalue weighted by atomic mass is 16.4. The zero-order valence-corrected chi connectivity index (χ0v) is 30.6. The van der Waals surface area contributed by atoms with E-state index in [2.05, 4.69) is 39.6 Å². The Morgan fingerprint density at radius 3 is 1.98 bits per heavy atom. The Labute approximate surface area is 310 Å². The summed E-state index contributed by atoms with van der Waals surface area (Å²) in [5.41, 5.74) is 0.970. The second kappa shape index (κ2) is 20.3. The number of benzene rings is 3. The molecule has 1 aliphatic rings. The predicted molar refractivity (Wildman–Crippen MR) is 202 cm³/mol. The minimum atomic E-state index is -1.27. The molecule has 1 fully saturated rings. The SMILES string of the molecule is CCNCC1CCC(C(=O)N[C@@H](Cc2c3ccccc3cc3ccccc23)C(=O)NCCCC[C@H](NC(=O)N[C@@H](CCC(=O)O)C(C)=O)C(=O)O)CC1. The van der Waals surface area contributed by atoms with Crippen LogP contribution in [0.2, 0.25) is 0 Å². The fourth-order valence-corrected chi connectivity index (χ4v) is 7.08. The monoisotopic (exact) mass is 731 g/mol. The zero-order chi connectivity index (χ0) is 38.3. The van der Waals surface area contributed by atoms with Crippen LogP contribution in [0.1, 0.15) is 77.2 Å². The van der Waals surface area contributed by atoms with Crippen LogP contribution in [0.25, 0.3) is 21.5 Å². The molecule has 0 heterocycles. The van der Waals surface area contributed by atoms with Gasteiger partial charge in [-0.1, -0.05) is 55.5 Å². The Kier molecular flexibility index (Phi) is 15.6. The van der Waals surface area contributed by atoms with Crippen LogP contribution in [0.15, 0.2) is 54.6 Å². The van der Waals surface area contributed by atoms with E-state index in [-0.39, 0.29) is 50.0 Å². The van der Waals surface area contributed by atoms with Gasteiger partial charge < -0.3 is 36.8 Å². The first-order valence-electron chi connectivity index (χ1n) is 18.7. The first kappa shape index (κ1) is 40.7. The van der Waals surface area contributed by atoms with Gasteiger partial charge in [-0.25, -0.2) is 9.59 Å². The minimum Gasteiger partial charge on any atom is -0.481 e. The fraction of sp³-hybridized carbons (Fsp3) is 0.500. The number of urea groups is 1. The first-order valence-corrected chi connectivity index (χ1v) is 18.7. The minimum absolute atomic E-state index is 0.0527. The molecule has 1 aliphatic carbocycles. The summed E-state index contributed by atoms with van der Waals surface area (Å²) in [5.74, 6) is -2.93. The third-order valence-corrected chi connectivity index (χ3v) is 10.1. The Morgan fingerprint density at radius 1 is 0.774 bits per heavy atom. The summed E-state index contributed by atoms with van der Waals surface area (Å²) in [4.78, 5) is 74.6. The number of ketones is 1. The van der Waals surface area contributed by atoms with E-state index in [1.165, 1.54) is 6.92 Å². The topological polar surface area (TPSA) is 203 Å². The van der Waals surface area contributed by atoms with Crippen LogP contribution < -0.4 is 26.6 Å². The molecule has 0 radical (unpaired) electrons. The highest BCUT2D eigenvalue weighted by Crippen LogP contribution is 2.31. The molecule has 0 saturated heterocycles. The molecule has 0 unspecified atom stereocenters. The molecule has 7 N–H and O–H groups in total. The third kappa shape index (κ3) is 12.3. The Balaban J connectivity index is 1.40. The molecule has 4 amide bonds. The van der Waals surface area contributed by atoms with Gasteiger partial charge in [0.15, 0.2) is 5.78 Å². The fourth-order valence-electron chi connectivity index (χ4n) is 7.08. The molecule has 53 heavy (non-hydrogen) atoms. The number of amides is 4. The Morgan fingerprint density at radius 2 is 1.40 bits per heavy atom. The maximum atomic E-state index is 13.9. The molecule has 0 aliphatic heterocycles. The van der Waals surface area contributed by atoms with Gasteiger partial charge in [-0.3, -0.25) is 19.2 Å². The van der Waals surface area contributed by atoms with E-state index in [0.29, 0.717) is 18.8 Å². The zero-order valence-electron chi connectivity index (χ0n) is 30.6. The summed E-state index contributed by atoms with van der Waals surface area (Å²) in [6.45, 7) is 5.37. The lowest BCUT2D eigenvalue weighted by atomic mass is 9.81. The van der Waals surface area contributed by atoms with Gasteiger partial charge in [-0.15, -0.1) is 0 Å². The third-order valence-electron chi connectivity index (χ3n) is 10.1. The average molecular weight is 732 g/mol. The van der Waals surface area contributed by atoms with Gasteiger partial charge in [0.25, 0.3) is 0 Å². The van der Waals surface area contributed by atoms with Crippen molar-refractivity contribution >= 4 is 57.1 Å². The number of carboxylic acids is 2. The highest BCUT2D eigenvalue weighted by Gasteiger charge is 2.30. The number of fused-ring (bicyclic) bond motifs is 2. The van der Waals surface area contributed by atoms with Crippen LogP contribution in [0.5, 0.6) is 0 Å². The molecule has 13 heteroatoms. The van der Waals surface area contributed by atoms with Gasteiger partial charge in [0.05, 0.1) is 6.04 Å². The summed E-state index contributed by atoms with van der Waals surface area (Å²) in [7, 11) is 0. The van der Waals surface area contributed by atoms with Crippen molar-refractivity contribution in [3.05, 3.63) is 60.2 Å². The van der Waals surface area contributed by atoms with Gasteiger partial charge >= 0.3 is 18.0 Å². The van der Waals surface area contributed by atoms with E-state index in [1.54, 1.807) is 0 Å². The smallest absolute Gasteiger partial charge is 0.326 e. The Hall–Kier alpha value is -5.04. The molecule has 0 aromatic heterocycles. The lowest BCUT2D eigenvalue weighted by Crippen LogP contribution is -2.51. The summed E-state index contributed by atoms with van der Waals surface area (Å²) < 4.78 is 0. The standard InChI is InChI=1S/C40H53N5O8/c1-3-41-24-26-15-17-27(18-16-26)37(49)43-35(23-32-30-12-6-4-10-28(30)22-29-11-5-7-13-31(29)32)38(50)42-21-9-8-14-34(39(51)52)45-40(53)44-33(25(2)46)19-20-36(47)48/h4-7,10-13,22,26-27,33-35,41H,3,8-9,14-21,23-24H2,1-2H3,(H,42,50)(H,43,49)(H,47,48)(H,51,52)(H2,44,45,53)/t26?,27?,33-,34-,35-/m0/s1. The van der Waals surface area contributed by atoms with Crippen molar-refractivity contribution in [1.82, 2.24) is 26.6 Å². The molecular weight excluding hydrogens is 678 g/mol. The highest BCUT2D eigenvalue weighted by molar-refractivity contribution is 6.03. The van der Waals surface area contributed by atoms with Crippen LogP contribution in [0, 0.1) is 11.8 Å². The number of rotatable bonds is 20. The van der Waals surface area contributed by atoms with Crippen molar-refractivity contribution in [2.24, 2.45) is 11.8 Å². The average Bonchev–Trinajstić information content (AvgIpc) is 3.14. The number of unbranched alkanes of at least 4 members (excludes halogenated alkanes) is 1. The Bertz CT molecular complexity index is 1700. The second-order valence-corrected chi connectivity index (χ2v) is 14.0. The number of Topliss-reactive ketones (excluding diaryl/α,β-unsaturated/α-hetero) is 1. The number of carbonyl (C=O) groups is 6. The number of hydrogen-bond acceptors (Lipinski definition) is 7. The summed E-state index contributed by atoms with van der Waals surface area (Å²) in [6.07, 6.45) is 4.06. The van der Waals surface area contributed by atoms with Crippen molar-refractivity contribution in [3.8, 4) is 0 Å². The van der Waals surface area contributed by atoms with Gasteiger partial charge in [-0.05, 0) is 110 Å². The van der Waals surface area contributed by atoms with Crippen LogP contribution in [0.4, 0.5) is 4.79 Å². The van der Waals surface area contributed by atoms with Gasteiger partial charge in [-0.2, -0.15) is 0 Å². The molecule has 1 saturated carbocycles. The summed E-state index contributed by atoms with van der Waals surface area (Å²) in [5, 5.41) is 36.8. The lowest BCUT2D eigenvalue weighted by Gasteiger charge is -2.29. The number of carbonyl (C=O) groups excluding carboxylic acids is 4.